The molecule has 0 saturated carbocycles. The second-order valence-electron chi connectivity index (χ2n) is 7.15. The predicted molar refractivity (Wildman–Crippen MR) is 90.1 cm³/mol. The number of nitrogens with one attached hydrogen (secondary N) is 4. The maximum Gasteiger partial charge on any atom is 0.426 e. The molecule has 142 valence electrons. The van der Waals surface area contributed by atoms with Crippen molar-refractivity contribution in [3.63, 3.8) is 0 Å². The summed E-state index contributed by atoms with van der Waals surface area (Å²) in [6, 6.07) is -1.48. The second kappa shape index (κ2) is 8.68. The monoisotopic (exact) mass is 356 g/mol. The molecule has 3 atom stereocenters. The molecule has 1 heterocycles. The minimum absolute atomic E-state index is 0.165. The average Bonchev–Trinajstić information content (AvgIpc) is 2.94. The zero-order valence-corrected chi connectivity index (χ0v) is 15.4. The van der Waals surface area contributed by atoms with Gasteiger partial charge in [0.05, 0.1) is 0 Å². The highest BCUT2D eigenvalue weighted by molar-refractivity contribution is 5.94. The van der Waals surface area contributed by atoms with Crippen LogP contribution in [-0.2, 0) is 19.1 Å². The molecule has 0 spiro atoms. The van der Waals surface area contributed by atoms with E-state index in [1.54, 1.807) is 20.8 Å². The van der Waals surface area contributed by atoms with Crippen molar-refractivity contribution >= 4 is 23.8 Å². The molecule has 1 saturated heterocycles. The van der Waals surface area contributed by atoms with Gasteiger partial charge in [0.2, 0.25) is 11.8 Å². The van der Waals surface area contributed by atoms with Crippen LogP contribution < -0.4 is 21.5 Å². The highest BCUT2D eigenvalue weighted by Crippen LogP contribution is 2.11. The van der Waals surface area contributed by atoms with Gasteiger partial charge in [-0.05, 0) is 33.1 Å². The fourth-order valence-corrected chi connectivity index (χ4v) is 2.26. The molecular formula is C16H28N4O5. The van der Waals surface area contributed by atoms with E-state index < -0.39 is 35.6 Å². The van der Waals surface area contributed by atoms with E-state index in [4.69, 9.17) is 4.74 Å². The van der Waals surface area contributed by atoms with Crippen molar-refractivity contribution in [3.05, 3.63) is 0 Å². The third-order valence-corrected chi connectivity index (χ3v) is 3.79. The molecule has 1 rings (SSSR count). The summed E-state index contributed by atoms with van der Waals surface area (Å²) in [6.45, 7) is 8.80. The van der Waals surface area contributed by atoms with E-state index in [0.717, 1.165) is 0 Å². The Morgan fingerprint density at radius 2 is 1.92 bits per heavy atom. The first kappa shape index (κ1) is 20.7. The minimum Gasteiger partial charge on any atom is -0.443 e. The summed E-state index contributed by atoms with van der Waals surface area (Å²) in [5.74, 6) is -1.32. The van der Waals surface area contributed by atoms with E-state index >= 15 is 0 Å². The first-order valence-electron chi connectivity index (χ1n) is 8.42. The number of rotatable bonds is 5. The van der Waals surface area contributed by atoms with E-state index in [1.807, 2.05) is 13.8 Å². The third kappa shape index (κ3) is 6.98. The molecule has 9 heteroatoms. The van der Waals surface area contributed by atoms with E-state index in [0.29, 0.717) is 19.3 Å². The average molecular weight is 356 g/mol. The lowest BCUT2D eigenvalue weighted by atomic mass is 9.98. The fraction of sp³-hybridized carbons (Fsp3) is 0.750. The Hall–Kier alpha value is -2.32. The van der Waals surface area contributed by atoms with Crippen LogP contribution in [0.25, 0.3) is 0 Å². The molecule has 0 unspecified atom stereocenters. The van der Waals surface area contributed by atoms with Crippen molar-refractivity contribution in [1.29, 1.82) is 0 Å². The van der Waals surface area contributed by atoms with Crippen molar-refractivity contribution in [3.8, 4) is 0 Å². The quantitative estimate of drug-likeness (QED) is 0.529. The molecule has 0 aromatic carbocycles. The summed E-state index contributed by atoms with van der Waals surface area (Å²) in [7, 11) is 0. The summed E-state index contributed by atoms with van der Waals surface area (Å²) < 4.78 is 5.03. The van der Waals surface area contributed by atoms with Gasteiger partial charge in [-0.15, -0.1) is 0 Å². The zero-order valence-electron chi connectivity index (χ0n) is 15.4. The molecule has 9 nitrogen and oxygen atoms in total. The van der Waals surface area contributed by atoms with Gasteiger partial charge in [-0.25, -0.2) is 10.2 Å². The number of hydrogen-bond donors (Lipinski definition) is 4. The van der Waals surface area contributed by atoms with Gasteiger partial charge in [0.25, 0.3) is 5.91 Å². The molecule has 1 aliphatic heterocycles. The molecule has 0 aromatic rings. The topological polar surface area (TPSA) is 126 Å². The smallest absolute Gasteiger partial charge is 0.426 e. The molecule has 1 aliphatic rings. The van der Waals surface area contributed by atoms with Gasteiger partial charge < -0.3 is 15.4 Å². The largest absolute Gasteiger partial charge is 0.443 e. The Balaban J connectivity index is 2.62. The molecule has 1 fully saturated rings. The maximum absolute atomic E-state index is 12.3. The molecular weight excluding hydrogens is 328 g/mol. The van der Waals surface area contributed by atoms with Crippen LogP contribution in [-0.4, -0.2) is 41.5 Å². The highest BCUT2D eigenvalue weighted by Gasteiger charge is 2.32. The lowest BCUT2D eigenvalue weighted by Crippen LogP contribution is -2.57. The minimum atomic E-state index is -0.843. The number of hydrazine groups is 1. The highest BCUT2D eigenvalue weighted by atomic mass is 16.6. The van der Waals surface area contributed by atoms with E-state index in [9.17, 15) is 19.2 Å². The molecule has 4 amide bonds. The zero-order chi connectivity index (χ0) is 19.2. The van der Waals surface area contributed by atoms with Crippen LogP contribution in [0.3, 0.4) is 0 Å². The Labute approximate surface area is 147 Å². The second-order valence-corrected chi connectivity index (χ2v) is 7.15. The van der Waals surface area contributed by atoms with Crippen LogP contribution in [0.2, 0.25) is 0 Å². The van der Waals surface area contributed by atoms with Gasteiger partial charge in [0, 0.05) is 6.42 Å². The summed E-state index contributed by atoms with van der Waals surface area (Å²) in [5.41, 5.74) is 3.73. The van der Waals surface area contributed by atoms with Crippen molar-refractivity contribution in [2.24, 2.45) is 5.92 Å². The number of carbonyl (C=O) groups is 4. The summed E-state index contributed by atoms with van der Waals surface area (Å²) in [5, 5.41) is 5.20. The van der Waals surface area contributed by atoms with Gasteiger partial charge in [-0.1, -0.05) is 20.3 Å². The van der Waals surface area contributed by atoms with Crippen LogP contribution in [0.15, 0.2) is 0 Å². The summed E-state index contributed by atoms with van der Waals surface area (Å²) >= 11 is 0. The van der Waals surface area contributed by atoms with E-state index in [-0.39, 0.29) is 11.8 Å². The fourth-order valence-electron chi connectivity index (χ4n) is 2.26. The first-order chi connectivity index (χ1) is 11.5. The van der Waals surface area contributed by atoms with Gasteiger partial charge in [-0.2, -0.15) is 0 Å². The Morgan fingerprint density at radius 3 is 2.40 bits per heavy atom. The van der Waals surface area contributed by atoms with Crippen molar-refractivity contribution in [2.75, 3.05) is 0 Å². The Kier molecular flexibility index (Phi) is 7.20. The molecule has 0 bridgehead atoms. The van der Waals surface area contributed by atoms with Gasteiger partial charge in [0.1, 0.15) is 17.7 Å². The number of hydrogen-bond acceptors (Lipinski definition) is 5. The number of carbonyl (C=O) groups excluding carboxylic acids is 4. The predicted octanol–water partition coefficient (Wildman–Crippen LogP) is 0.352. The number of ether oxygens (including phenoxy) is 1. The molecule has 0 radical (unpaired) electrons. The van der Waals surface area contributed by atoms with Crippen LogP contribution in [0.5, 0.6) is 0 Å². The standard InChI is InChI=1S/C16H28N4O5/c1-6-9(2)12(18-13(22)10-7-8-11(21)17-10)14(23)19-20-15(24)25-16(3,4)5/h9-10,12H,6-8H2,1-5H3,(H,17,21)(H,18,22)(H,19,23)(H,20,24)/t9-,10-,12-/m0/s1. The van der Waals surface area contributed by atoms with Crippen LogP contribution in [0.1, 0.15) is 53.9 Å². The van der Waals surface area contributed by atoms with E-state index in [1.165, 1.54) is 0 Å². The molecule has 0 aromatic heterocycles. The summed E-state index contributed by atoms with van der Waals surface area (Å²) in [6.07, 6.45) is 0.536. The van der Waals surface area contributed by atoms with Gasteiger partial charge >= 0.3 is 6.09 Å². The lowest BCUT2D eigenvalue weighted by Gasteiger charge is -2.25. The molecule has 25 heavy (non-hydrogen) atoms. The van der Waals surface area contributed by atoms with Crippen molar-refractivity contribution in [2.45, 2.75) is 71.6 Å². The molecule has 0 aliphatic carbocycles. The maximum atomic E-state index is 12.3. The SMILES string of the molecule is CC[C@H](C)[C@H](NC(=O)[C@@H]1CCC(=O)N1)C(=O)NNC(=O)OC(C)(C)C. The first-order valence-corrected chi connectivity index (χ1v) is 8.42. The van der Waals surface area contributed by atoms with Crippen molar-refractivity contribution < 1.29 is 23.9 Å². The van der Waals surface area contributed by atoms with Gasteiger partial charge in [0.15, 0.2) is 0 Å². The lowest BCUT2D eigenvalue weighted by molar-refractivity contribution is -0.132. The normalized spacial score (nSPS) is 19.4. The van der Waals surface area contributed by atoms with Crippen LogP contribution in [0.4, 0.5) is 4.79 Å². The molecule has 4 N–H and O–H groups in total. The van der Waals surface area contributed by atoms with Gasteiger partial charge in [-0.3, -0.25) is 19.8 Å². The Bertz CT molecular complexity index is 529. The van der Waals surface area contributed by atoms with Crippen molar-refractivity contribution in [1.82, 2.24) is 21.5 Å². The third-order valence-electron chi connectivity index (χ3n) is 3.79. The van der Waals surface area contributed by atoms with Crippen LogP contribution >= 0.6 is 0 Å². The summed E-state index contributed by atoms with van der Waals surface area (Å²) in [4.78, 5) is 47.4. The Morgan fingerprint density at radius 1 is 1.28 bits per heavy atom. The number of amides is 4. The van der Waals surface area contributed by atoms with Crippen LogP contribution in [0, 0.1) is 5.92 Å². The van der Waals surface area contributed by atoms with E-state index in [2.05, 4.69) is 21.5 Å².